The van der Waals surface area contributed by atoms with Crippen LogP contribution >= 0.6 is 0 Å². The predicted molar refractivity (Wildman–Crippen MR) is 122 cm³/mol. The fourth-order valence-corrected chi connectivity index (χ4v) is 3.46. The van der Waals surface area contributed by atoms with Gasteiger partial charge in [0, 0.05) is 38.0 Å². The van der Waals surface area contributed by atoms with Crippen molar-refractivity contribution in [2.45, 2.75) is 13.5 Å². The van der Waals surface area contributed by atoms with Crippen LogP contribution in [-0.2, 0) is 6.61 Å². The summed E-state index contributed by atoms with van der Waals surface area (Å²) in [6.45, 7) is 2.08. The number of rotatable bonds is 6. The molecule has 7 nitrogen and oxygen atoms in total. The molecule has 0 N–H and O–H groups in total. The monoisotopic (exact) mass is 430 g/mol. The number of hydrogen-bond acceptors (Lipinski definition) is 6. The Labute approximate surface area is 185 Å². The van der Waals surface area contributed by atoms with Gasteiger partial charge in [0.15, 0.2) is 5.76 Å². The van der Waals surface area contributed by atoms with Gasteiger partial charge in [-0.3, -0.25) is 14.9 Å². The number of allylic oxidation sites excluding steroid dienone is 1. The summed E-state index contributed by atoms with van der Waals surface area (Å²) in [5, 5.41) is 10.8. The first kappa shape index (κ1) is 21.1. The average Bonchev–Trinajstić information content (AvgIpc) is 3.08. The van der Waals surface area contributed by atoms with Crippen LogP contribution in [-0.4, -0.2) is 24.8 Å². The number of hydrogen-bond donors (Lipinski definition) is 0. The standard InChI is InChI=1S/C25H22N2O5/c1-16-12-21(31-15-18-6-10-20(11-7-18)27(29)30)14-22-24(16)25(28)23(32-22)13-17-4-8-19(9-5-17)26(2)3/h4-14H,15H2,1-3H3/b23-13-. The molecule has 0 amide bonds. The SMILES string of the molecule is Cc1cc(OCc2ccc([N+](=O)[O-])cc2)cc2c1C(=O)/C(=C/c1ccc(N(C)C)cc1)O2. The van der Waals surface area contributed by atoms with E-state index in [0.29, 0.717) is 17.1 Å². The van der Waals surface area contributed by atoms with Gasteiger partial charge in [-0.15, -0.1) is 0 Å². The van der Waals surface area contributed by atoms with Crippen LogP contribution in [0.25, 0.3) is 6.08 Å². The van der Waals surface area contributed by atoms with E-state index in [-0.39, 0.29) is 23.8 Å². The van der Waals surface area contributed by atoms with E-state index in [0.717, 1.165) is 22.4 Å². The molecule has 0 fully saturated rings. The summed E-state index contributed by atoms with van der Waals surface area (Å²) < 4.78 is 11.7. The molecule has 0 aliphatic carbocycles. The molecule has 1 heterocycles. The Morgan fingerprint density at radius 1 is 1.06 bits per heavy atom. The second-order valence-corrected chi connectivity index (χ2v) is 7.75. The highest BCUT2D eigenvalue weighted by molar-refractivity contribution is 6.15. The molecule has 162 valence electrons. The largest absolute Gasteiger partial charge is 0.489 e. The van der Waals surface area contributed by atoms with Crippen molar-refractivity contribution in [3.8, 4) is 11.5 Å². The van der Waals surface area contributed by atoms with E-state index in [1.807, 2.05) is 50.2 Å². The Morgan fingerprint density at radius 3 is 2.38 bits per heavy atom. The van der Waals surface area contributed by atoms with Gasteiger partial charge in [-0.25, -0.2) is 0 Å². The van der Waals surface area contributed by atoms with Crippen LogP contribution in [0.5, 0.6) is 11.5 Å². The van der Waals surface area contributed by atoms with Crippen LogP contribution < -0.4 is 14.4 Å². The fraction of sp³-hybridized carbons (Fsp3) is 0.160. The lowest BCUT2D eigenvalue weighted by molar-refractivity contribution is -0.384. The van der Waals surface area contributed by atoms with Crippen molar-refractivity contribution >= 4 is 23.2 Å². The maximum Gasteiger partial charge on any atom is 0.269 e. The van der Waals surface area contributed by atoms with E-state index in [1.165, 1.54) is 12.1 Å². The number of nitrogens with zero attached hydrogens (tertiary/aromatic N) is 2. The highest BCUT2D eigenvalue weighted by Crippen LogP contribution is 2.37. The topological polar surface area (TPSA) is 81.9 Å². The minimum Gasteiger partial charge on any atom is -0.489 e. The van der Waals surface area contributed by atoms with E-state index < -0.39 is 4.92 Å². The summed E-state index contributed by atoms with van der Waals surface area (Å²) in [6.07, 6.45) is 1.73. The van der Waals surface area contributed by atoms with Crippen LogP contribution in [0.1, 0.15) is 27.0 Å². The van der Waals surface area contributed by atoms with Crippen LogP contribution in [0.3, 0.4) is 0 Å². The zero-order valence-corrected chi connectivity index (χ0v) is 18.0. The van der Waals surface area contributed by atoms with Gasteiger partial charge in [-0.2, -0.15) is 0 Å². The van der Waals surface area contributed by atoms with Gasteiger partial charge in [0.05, 0.1) is 10.5 Å². The molecule has 7 heteroatoms. The highest BCUT2D eigenvalue weighted by Gasteiger charge is 2.30. The first-order valence-corrected chi connectivity index (χ1v) is 10.0. The number of ketones is 1. The number of fused-ring (bicyclic) bond motifs is 1. The zero-order chi connectivity index (χ0) is 22.8. The molecule has 0 aromatic heterocycles. The van der Waals surface area contributed by atoms with Crippen molar-refractivity contribution in [2.75, 3.05) is 19.0 Å². The van der Waals surface area contributed by atoms with Crippen LogP contribution in [0.2, 0.25) is 0 Å². The average molecular weight is 430 g/mol. The number of carbonyl (C=O) groups excluding carboxylic acids is 1. The minimum atomic E-state index is -0.440. The summed E-state index contributed by atoms with van der Waals surface area (Å²) in [7, 11) is 3.94. The van der Waals surface area contributed by atoms with Gasteiger partial charge in [0.1, 0.15) is 18.1 Å². The quantitative estimate of drug-likeness (QED) is 0.305. The third-order valence-corrected chi connectivity index (χ3v) is 5.20. The molecule has 3 aromatic carbocycles. The molecule has 0 saturated heterocycles. The van der Waals surface area contributed by atoms with Gasteiger partial charge in [0.2, 0.25) is 5.78 Å². The smallest absolute Gasteiger partial charge is 0.269 e. The number of Topliss-reactive ketones (excluding diaryl/α,β-unsaturated/α-hetero) is 1. The lowest BCUT2D eigenvalue weighted by Crippen LogP contribution is -2.08. The lowest BCUT2D eigenvalue weighted by Gasteiger charge is -2.11. The van der Waals surface area contributed by atoms with Crippen molar-refractivity contribution in [3.63, 3.8) is 0 Å². The maximum absolute atomic E-state index is 12.9. The Kier molecular flexibility index (Phi) is 5.64. The number of nitro benzene ring substituents is 1. The molecule has 1 aliphatic rings. The second-order valence-electron chi connectivity index (χ2n) is 7.75. The van der Waals surface area contributed by atoms with E-state index in [2.05, 4.69) is 0 Å². The molecule has 0 atom stereocenters. The summed E-state index contributed by atoms with van der Waals surface area (Å²) in [5.74, 6) is 1.14. The molecule has 1 aliphatic heterocycles. The number of benzene rings is 3. The van der Waals surface area contributed by atoms with Crippen molar-refractivity contribution in [1.82, 2.24) is 0 Å². The fourth-order valence-electron chi connectivity index (χ4n) is 3.46. The molecule has 3 aromatic rings. The number of aryl methyl sites for hydroxylation is 1. The molecule has 0 unspecified atom stereocenters. The lowest BCUT2D eigenvalue weighted by atomic mass is 10.0. The molecule has 0 saturated carbocycles. The molecule has 0 spiro atoms. The van der Waals surface area contributed by atoms with Crippen molar-refractivity contribution in [1.29, 1.82) is 0 Å². The number of ether oxygens (including phenoxy) is 2. The first-order valence-electron chi connectivity index (χ1n) is 10.0. The normalized spacial score (nSPS) is 13.6. The summed E-state index contributed by atoms with van der Waals surface area (Å²) in [6, 6.07) is 17.5. The summed E-state index contributed by atoms with van der Waals surface area (Å²) in [5.41, 5.74) is 4.07. The zero-order valence-electron chi connectivity index (χ0n) is 18.0. The van der Waals surface area contributed by atoms with Crippen LogP contribution in [0, 0.1) is 17.0 Å². The van der Waals surface area contributed by atoms with E-state index in [1.54, 1.807) is 30.3 Å². The van der Waals surface area contributed by atoms with Gasteiger partial charge >= 0.3 is 0 Å². The molecule has 4 rings (SSSR count). The Hall–Kier alpha value is -4.13. The minimum absolute atomic E-state index is 0.0321. The van der Waals surface area contributed by atoms with Crippen molar-refractivity contribution in [2.24, 2.45) is 0 Å². The third-order valence-electron chi connectivity index (χ3n) is 5.20. The number of anilines is 1. The molecule has 0 radical (unpaired) electrons. The predicted octanol–water partition coefficient (Wildman–Crippen LogP) is 5.16. The maximum atomic E-state index is 12.9. The van der Waals surface area contributed by atoms with Gasteiger partial charge in [-0.1, -0.05) is 12.1 Å². The molecule has 32 heavy (non-hydrogen) atoms. The van der Waals surface area contributed by atoms with Gasteiger partial charge in [-0.05, 0) is 60.0 Å². The van der Waals surface area contributed by atoms with E-state index >= 15 is 0 Å². The summed E-state index contributed by atoms with van der Waals surface area (Å²) >= 11 is 0. The number of carbonyl (C=O) groups is 1. The molecule has 0 bridgehead atoms. The van der Waals surface area contributed by atoms with Crippen LogP contribution in [0.4, 0.5) is 11.4 Å². The number of non-ortho nitro benzene ring substituents is 1. The Bertz CT molecular complexity index is 1210. The van der Waals surface area contributed by atoms with Crippen molar-refractivity contribution < 1.29 is 19.2 Å². The molecular formula is C25H22N2O5. The highest BCUT2D eigenvalue weighted by atomic mass is 16.6. The number of nitro groups is 1. The summed E-state index contributed by atoms with van der Waals surface area (Å²) in [4.78, 5) is 25.2. The van der Waals surface area contributed by atoms with E-state index in [4.69, 9.17) is 9.47 Å². The first-order chi connectivity index (χ1) is 15.3. The van der Waals surface area contributed by atoms with Crippen molar-refractivity contribution in [3.05, 3.63) is 98.8 Å². The van der Waals surface area contributed by atoms with E-state index in [9.17, 15) is 14.9 Å². The third kappa shape index (κ3) is 4.32. The Balaban J connectivity index is 1.50. The van der Waals surface area contributed by atoms with Gasteiger partial charge in [0.25, 0.3) is 5.69 Å². The van der Waals surface area contributed by atoms with Crippen LogP contribution in [0.15, 0.2) is 66.4 Å². The Morgan fingerprint density at radius 2 is 1.75 bits per heavy atom. The molecular weight excluding hydrogens is 408 g/mol. The second kappa shape index (κ2) is 8.55. The van der Waals surface area contributed by atoms with Gasteiger partial charge < -0.3 is 14.4 Å².